The molecular formula is C14H7Cl2FN2O3S. The third-order valence-electron chi connectivity index (χ3n) is 3.22. The number of halogens is 3. The van der Waals surface area contributed by atoms with Crippen LogP contribution in [0.1, 0.15) is 10.4 Å². The lowest BCUT2D eigenvalue weighted by Gasteiger charge is -2.11. The number of aliphatic hydroxyl groups excluding tert-OH is 1. The third kappa shape index (κ3) is 2.46. The largest absolute Gasteiger partial charge is 0.506 e. The molecule has 2 heterocycles. The number of anilines is 1. The Morgan fingerprint density at radius 2 is 2.00 bits per heavy atom. The number of hydrogen-bond acceptors (Lipinski definition) is 4. The molecule has 1 aromatic heterocycles. The molecule has 3 rings (SSSR count). The van der Waals surface area contributed by atoms with Gasteiger partial charge in [0.25, 0.3) is 5.91 Å². The summed E-state index contributed by atoms with van der Waals surface area (Å²) >= 11 is 12.6. The van der Waals surface area contributed by atoms with Crippen molar-refractivity contribution in [1.29, 1.82) is 0 Å². The molecule has 5 nitrogen and oxygen atoms in total. The van der Waals surface area contributed by atoms with Gasteiger partial charge in [-0.25, -0.2) is 14.1 Å². The van der Waals surface area contributed by atoms with Gasteiger partial charge in [-0.1, -0.05) is 23.2 Å². The van der Waals surface area contributed by atoms with Crippen molar-refractivity contribution in [2.24, 2.45) is 5.73 Å². The van der Waals surface area contributed by atoms with Gasteiger partial charge < -0.3 is 10.8 Å². The molecule has 3 N–H and O–H groups in total. The number of carbonyl (C=O) groups excluding carboxylic acids is 2. The molecule has 9 heteroatoms. The molecule has 2 aromatic rings. The number of hydrogen-bond donors (Lipinski definition) is 2. The molecule has 0 fully saturated rings. The zero-order valence-corrected chi connectivity index (χ0v) is 13.5. The second kappa shape index (κ2) is 5.52. The van der Waals surface area contributed by atoms with Crippen molar-refractivity contribution in [3.05, 3.63) is 49.9 Å². The Morgan fingerprint density at radius 3 is 2.57 bits per heavy atom. The molecule has 1 aliphatic rings. The van der Waals surface area contributed by atoms with Crippen LogP contribution < -0.4 is 10.6 Å². The first-order chi connectivity index (χ1) is 10.8. The van der Waals surface area contributed by atoms with Gasteiger partial charge in [-0.2, -0.15) is 0 Å². The lowest BCUT2D eigenvalue weighted by molar-refractivity contribution is -0.112. The summed E-state index contributed by atoms with van der Waals surface area (Å²) in [6.45, 7) is 0. The van der Waals surface area contributed by atoms with Crippen LogP contribution in [0.4, 0.5) is 14.9 Å². The Hall–Kier alpha value is -2.09. The number of nitrogens with two attached hydrogens (primary N) is 1. The molecule has 23 heavy (non-hydrogen) atoms. The summed E-state index contributed by atoms with van der Waals surface area (Å²) in [5.74, 6) is -2.08. The van der Waals surface area contributed by atoms with Crippen molar-refractivity contribution in [1.82, 2.24) is 0 Å². The number of nitrogens with zero attached hydrogens (tertiary/aromatic N) is 1. The van der Waals surface area contributed by atoms with E-state index in [1.54, 1.807) is 5.38 Å². The molecule has 1 aliphatic heterocycles. The van der Waals surface area contributed by atoms with Crippen molar-refractivity contribution >= 4 is 63.5 Å². The second-order valence-electron chi connectivity index (χ2n) is 4.62. The van der Waals surface area contributed by atoms with Gasteiger partial charge in [0, 0.05) is 10.9 Å². The number of rotatable bonds is 1. The SMILES string of the molecule is NC(=O)N1C(=O)/C(=C(/O)c2cc(Cl)cs2)c2cc(F)c(Cl)cc21. The number of primary amides is 1. The van der Waals surface area contributed by atoms with E-state index in [9.17, 15) is 19.1 Å². The molecule has 0 atom stereocenters. The molecule has 0 radical (unpaired) electrons. The predicted molar refractivity (Wildman–Crippen MR) is 87.3 cm³/mol. The maximum atomic E-state index is 13.8. The standard InChI is InChI=1S/C14H7Cl2FN2O3S/c15-5-1-10(23-4-5)12(20)11-6-2-8(17)7(16)3-9(6)19(13(11)21)14(18)22/h1-4,20H,(H2,18,22)/b12-11+. The van der Waals surface area contributed by atoms with E-state index < -0.39 is 23.5 Å². The maximum Gasteiger partial charge on any atom is 0.326 e. The summed E-state index contributed by atoms with van der Waals surface area (Å²) in [4.78, 5) is 24.9. The van der Waals surface area contributed by atoms with Crippen LogP contribution >= 0.6 is 34.5 Å². The Bertz CT molecular complexity index is 894. The maximum absolute atomic E-state index is 13.8. The fourth-order valence-electron chi connectivity index (χ4n) is 2.27. The monoisotopic (exact) mass is 372 g/mol. The molecule has 0 spiro atoms. The van der Waals surface area contributed by atoms with Crippen molar-refractivity contribution in [3.63, 3.8) is 0 Å². The van der Waals surface area contributed by atoms with Gasteiger partial charge >= 0.3 is 6.03 Å². The summed E-state index contributed by atoms with van der Waals surface area (Å²) in [6, 6.07) is 2.46. The van der Waals surface area contributed by atoms with Gasteiger partial charge in [0.05, 0.1) is 26.2 Å². The smallest absolute Gasteiger partial charge is 0.326 e. The molecule has 0 bridgehead atoms. The molecule has 0 aliphatic carbocycles. The summed E-state index contributed by atoms with van der Waals surface area (Å²) in [5.41, 5.74) is 5.00. The fourth-order valence-corrected chi connectivity index (χ4v) is 3.45. The Kier molecular flexibility index (Phi) is 3.79. The van der Waals surface area contributed by atoms with Crippen LogP contribution in [-0.2, 0) is 4.79 Å². The highest BCUT2D eigenvalue weighted by Gasteiger charge is 2.39. The number of aliphatic hydroxyl groups is 1. The van der Waals surface area contributed by atoms with Crippen LogP contribution in [0.15, 0.2) is 23.6 Å². The molecule has 118 valence electrons. The number of urea groups is 1. The normalized spacial score (nSPS) is 15.8. The number of benzene rings is 1. The van der Waals surface area contributed by atoms with Gasteiger partial charge in [0.15, 0.2) is 0 Å². The first kappa shape index (κ1) is 15.8. The average molecular weight is 373 g/mol. The molecule has 1 aromatic carbocycles. The van der Waals surface area contributed by atoms with Crippen molar-refractivity contribution in [2.75, 3.05) is 4.90 Å². The predicted octanol–water partition coefficient (Wildman–Crippen LogP) is 4.05. The molecular weight excluding hydrogens is 366 g/mol. The van der Waals surface area contributed by atoms with Crippen LogP contribution in [-0.4, -0.2) is 17.0 Å². The fraction of sp³-hybridized carbons (Fsp3) is 0. The topological polar surface area (TPSA) is 83.6 Å². The number of carbonyl (C=O) groups is 2. The first-order valence-electron chi connectivity index (χ1n) is 6.12. The first-order valence-corrected chi connectivity index (χ1v) is 7.75. The van der Waals surface area contributed by atoms with E-state index in [1.165, 1.54) is 6.07 Å². The van der Waals surface area contributed by atoms with Crippen LogP contribution in [0.3, 0.4) is 0 Å². The number of amides is 3. The lowest BCUT2D eigenvalue weighted by atomic mass is 10.1. The quantitative estimate of drug-likeness (QED) is 0.585. The van der Waals surface area contributed by atoms with Crippen molar-refractivity contribution in [2.45, 2.75) is 0 Å². The molecule has 0 saturated carbocycles. The van der Waals surface area contributed by atoms with E-state index in [1.807, 2.05) is 0 Å². The Morgan fingerprint density at radius 1 is 1.30 bits per heavy atom. The molecule has 0 saturated heterocycles. The van der Waals surface area contributed by atoms with E-state index in [-0.39, 0.29) is 21.8 Å². The van der Waals surface area contributed by atoms with E-state index in [2.05, 4.69) is 0 Å². The van der Waals surface area contributed by atoms with Crippen LogP contribution in [0.25, 0.3) is 11.3 Å². The van der Waals surface area contributed by atoms with E-state index >= 15 is 0 Å². The third-order valence-corrected chi connectivity index (χ3v) is 4.80. The lowest BCUT2D eigenvalue weighted by Crippen LogP contribution is -2.38. The summed E-state index contributed by atoms with van der Waals surface area (Å²) in [6.07, 6.45) is 0. The van der Waals surface area contributed by atoms with Gasteiger partial charge in [-0.05, 0) is 18.2 Å². The van der Waals surface area contributed by atoms with Crippen LogP contribution in [0.5, 0.6) is 0 Å². The minimum absolute atomic E-state index is 0.0121. The van der Waals surface area contributed by atoms with Crippen molar-refractivity contribution < 1.29 is 19.1 Å². The van der Waals surface area contributed by atoms with Gasteiger partial charge in [-0.3, -0.25) is 4.79 Å². The summed E-state index contributed by atoms with van der Waals surface area (Å²) in [7, 11) is 0. The Balaban J connectivity index is 2.30. The highest BCUT2D eigenvalue weighted by atomic mass is 35.5. The average Bonchev–Trinajstić information content (AvgIpc) is 3.00. The zero-order chi connectivity index (χ0) is 16.9. The van der Waals surface area contributed by atoms with Crippen molar-refractivity contribution in [3.8, 4) is 0 Å². The van der Waals surface area contributed by atoms with E-state index in [0.29, 0.717) is 14.8 Å². The van der Waals surface area contributed by atoms with E-state index in [0.717, 1.165) is 23.5 Å². The minimum atomic E-state index is -1.06. The van der Waals surface area contributed by atoms with Crippen LogP contribution in [0, 0.1) is 5.82 Å². The zero-order valence-electron chi connectivity index (χ0n) is 11.1. The number of fused-ring (bicyclic) bond motifs is 1. The van der Waals surface area contributed by atoms with E-state index in [4.69, 9.17) is 28.9 Å². The summed E-state index contributed by atoms with van der Waals surface area (Å²) in [5, 5.41) is 12.0. The number of imide groups is 1. The number of thiophene rings is 1. The van der Waals surface area contributed by atoms with Gasteiger partial charge in [0.2, 0.25) is 0 Å². The van der Waals surface area contributed by atoms with Gasteiger partial charge in [0.1, 0.15) is 11.6 Å². The van der Waals surface area contributed by atoms with Crippen LogP contribution in [0.2, 0.25) is 10.0 Å². The van der Waals surface area contributed by atoms with Gasteiger partial charge in [-0.15, -0.1) is 11.3 Å². The highest BCUT2D eigenvalue weighted by Crippen LogP contribution is 2.43. The second-order valence-corrected chi connectivity index (χ2v) is 6.37. The molecule has 0 unspecified atom stereocenters. The molecule has 3 amide bonds. The Labute approximate surface area is 143 Å². The summed E-state index contributed by atoms with van der Waals surface area (Å²) < 4.78 is 13.8. The highest BCUT2D eigenvalue weighted by molar-refractivity contribution is 7.11. The minimum Gasteiger partial charge on any atom is -0.506 e.